The van der Waals surface area contributed by atoms with Gasteiger partial charge in [0.1, 0.15) is 0 Å². The third-order valence-electron chi connectivity index (χ3n) is 14.4. The molecule has 0 amide bonds. The molecular formula is C60H42S. The highest BCUT2D eigenvalue weighted by molar-refractivity contribution is 7.26. The Hall–Kier alpha value is -6.80. The summed E-state index contributed by atoms with van der Waals surface area (Å²) < 4.78 is 2.75. The van der Waals surface area contributed by atoms with Crippen molar-refractivity contribution in [2.24, 2.45) is 0 Å². The molecule has 61 heavy (non-hydrogen) atoms. The lowest BCUT2D eigenvalue weighted by Crippen LogP contribution is -2.15. The van der Waals surface area contributed by atoms with Crippen LogP contribution in [-0.4, -0.2) is 0 Å². The topological polar surface area (TPSA) is 0 Å². The van der Waals surface area contributed by atoms with Gasteiger partial charge in [-0.15, -0.1) is 11.3 Å². The van der Waals surface area contributed by atoms with Gasteiger partial charge in [-0.3, -0.25) is 0 Å². The molecule has 1 aromatic heterocycles. The fraction of sp³-hybridized carbons (Fsp3) is 0.100. The van der Waals surface area contributed by atoms with Crippen LogP contribution in [0.2, 0.25) is 0 Å². The molecule has 0 nitrogen and oxygen atoms in total. The fourth-order valence-electron chi connectivity index (χ4n) is 11.5. The van der Waals surface area contributed by atoms with Gasteiger partial charge in [0.2, 0.25) is 0 Å². The summed E-state index contributed by atoms with van der Waals surface area (Å²) in [4.78, 5) is 0. The van der Waals surface area contributed by atoms with Gasteiger partial charge in [-0.05, 0) is 134 Å². The van der Waals surface area contributed by atoms with Crippen LogP contribution in [0.1, 0.15) is 49.9 Å². The Kier molecular flexibility index (Phi) is 7.11. The molecule has 1 heteroatoms. The zero-order valence-electron chi connectivity index (χ0n) is 34.7. The molecule has 11 aromatic rings. The van der Waals surface area contributed by atoms with E-state index in [4.69, 9.17) is 0 Å². The second-order valence-corrected chi connectivity index (χ2v) is 19.4. The van der Waals surface area contributed by atoms with Crippen molar-refractivity contribution in [2.45, 2.75) is 38.5 Å². The van der Waals surface area contributed by atoms with Crippen LogP contribution >= 0.6 is 11.3 Å². The van der Waals surface area contributed by atoms with Gasteiger partial charge in [0.15, 0.2) is 0 Å². The minimum atomic E-state index is -0.172. The molecule has 0 saturated heterocycles. The summed E-state index contributed by atoms with van der Waals surface area (Å²) in [6.07, 6.45) is 0. The predicted octanol–water partition coefficient (Wildman–Crippen LogP) is 17.1. The van der Waals surface area contributed by atoms with Gasteiger partial charge in [-0.1, -0.05) is 185 Å². The molecule has 0 N–H and O–H groups in total. The van der Waals surface area contributed by atoms with Crippen molar-refractivity contribution in [1.29, 1.82) is 0 Å². The summed E-state index contributed by atoms with van der Waals surface area (Å²) in [7, 11) is 0. The highest BCUT2D eigenvalue weighted by Gasteiger charge is 2.39. The second kappa shape index (κ2) is 12.4. The van der Waals surface area contributed by atoms with Crippen molar-refractivity contribution in [3.8, 4) is 55.6 Å². The minimum absolute atomic E-state index is 0.106. The Bertz CT molecular complexity index is 3630. The largest absolute Gasteiger partial charge is 0.135 e. The van der Waals surface area contributed by atoms with Crippen LogP contribution in [0.25, 0.3) is 108 Å². The van der Waals surface area contributed by atoms with E-state index < -0.39 is 0 Å². The molecular weight excluding hydrogens is 753 g/mol. The molecule has 2 aliphatic carbocycles. The van der Waals surface area contributed by atoms with Gasteiger partial charge in [0.25, 0.3) is 0 Å². The van der Waals surface area contributed by atoms with E-state index in [9.17, 15) is 0 Å². The Balaban J connectivity index is 0.918. The fourth-order valence-corrected chi connectivity index (χ4v) is 12.8. The summed E-state index contributed by atoms with van der Waals surface area (Å²) >= 11 is 1.92. The highest BCUT2D eigenvalue weighted by Crippen LogP contribution is 2.55. The minimum Gasteiger partial charge on any atom is -0.135 e. The Labute approximate surface area is 360 Å². The van der Waals surface area contributed by atoms with Gasteiger partial charge in [0.05, 0.1) is 0 Å². The van der Waals surface area contributed by atoms with E-state index in [0.717, 1.165) is 0 Å². The van der Waals surface area contributed by atoms with Crippen LogP contribution in [0, 0.1) is 0 Å². The van der Waals surface area contributed by atoms with Crippen molar-refractivity contribution < 1.29 is 0 Å². The first kappa shape index (κ1) is 35.0. The van der Waals surface area contributed by atoms with Crippen LogP contribution < -0.4 is 0 Å². The second-order valence-electron chi connectivity index (χ2n) is 18.4. The number of benzene rings is 10. The molecule has 0 fully saturated rings. The van der Waals surface area contributed by atoms with Crippen LogP contribution in [0.5, 0.6) is 0 Å². The molecule has 0 radical (unpaired) electrons. The Morgan fingerprint density at radius 2 is 0.803 bits per heavy atom. The molecule has 0 atom stereocenters. The van der Waals surface area contributed by atoms with Crippen molar-refractivity contribution in [1.82, 2.24) is 0 Å². The van der Waals surface area contributed by atoms with Gasteiger partial charge in [-0.2, -0.15) is 0 Å². The normalized spacial score (nSPS) is 14.5. The van der Waals surface area contributed by atoms with E-state index in [1.54, 1.807) is 0 Å². The maximum atomic E-state index is 2.50. The summed E-state index contributed by atoms with van der Waals surface area (Å²) in [6.45, 7) is 9.66. The molecule has 0 aliphatic heterocycles. The van der Waals surface area contributed by atoms with E-state index in [1.807, 2.05) is 11.3 Å². The highest BCUT2D eigenvalue weighted by atomic mass is 32.1. The lowest BCUT2D eigenvalue weighted by molar-refractivity contribution is 0.661. The molecule has 0 unspecified atom stereocenters. The Morgan fingerprint density at radius 3 is 1.49 bits per heavy atom. The number of hydrogen-bond acceptors (Lipinski definition) is 1. The molecule has 2 aliphatic rings. The van der Waals surface area contributed by atoms with Gasteiger partial charge < -0.3 is 0 Å². The van der Waals surface area contributed by atoms with Crippen LogP contribution in [0.3, 0.4) is 0 Å². The van der Waals surface area contributed by atoms with E-state index in [2.05, 4.69) is 210 Å². The van der Waals surface area contributed by atoms with Gasteiger partial charge in [0, 0.05) is 31.0 Å². The van der Waals surface area contributed by atoms with Gasteiger partial charge in [-0.25, -0.2) is 0 Å². The summed E-state index contributed by atoms with van der Waals surface area (Å²) in [6, 6.07) is 68.9. The maximum absolute atomic E-state index is 2.50. The smallest absolute Gasteiger partial charge is 0.0433 e. The quantitative estimate of drug-likeness (QED) is 0.156. The zero-order valence-corrected chi connectivity index (χ0v) is 35.5. The van der Waals surface area contributed by atoms with E-state index in [1.165, 1.54) is 130 Å². The molecule has 1 heterocycles. The third-order valence-corrected chi connectivity index (χ3v) is 15.7. The van der Waals surface area contributed by atoms with E-state index in [0.29, 0.717) is 0 Å². The zero-order chi connectivity index (χ0) is 40.8. The lowest BCUT2D eigenvalue weighted by atomic mass is 9.79. The summed E-state index contributed by atoms with van der Waals surface area (Å²) in [5.41, 5.74) is 18.5. The van der Waals surface area contributed by atoms with E-state index >= 15 is 0 Å². The van der Waals surface area contributed by atoms with Crippen LogP contribution in [0.15, 0.2) is 182 Å². The molecule has 0 bridgehead atoms. The van der Waals surface area contributed by atoms with E-state index in [-0.39, 0.29) is 10.8 Å². The summed E-state index contributed by atoms with van der Waals surface area (Å²) in [5, 5.41) is 10.6. The molecule has 10 aromatic carbocycles. The molecule has 13 rings (SSSR count). The molecule has 0 spiro atoms. The standard InChI is InChI=1S/C60H42S/c1-59(2)52-33-37(36-24-31-51-50(32-36)47-28-30-49-46(57(47)60(51,3)4)27-29-48-41-16-12-13-21-54(41)61-58(48)49)22-25-39(52)40-26-23-38(34-53(40)59)56-44-19-10-8-17-42(44)55(35-14-6-5-7-15-35)43-18-9-11-20-45(43)56/h5-34H,1-4H3. The molecule has 288 valence electrons. The SMILES string of the molecule is CC1(C)c2cc(-c3ccc4c(c3)-c3ccc5c(ccc6c7ccccc7sc56)c3C4(C)C)ccc2-c2ccc(-c3c4ccccc4c(-c4ccccc4)c4ccccc34)cc21. The number of rotatable bonds is 3. The van der Waals surface area contributed by atoms with Crippen LogP contribution in [-0.2, 0) is 10.8 Å². The lowest BCUT2D eigenvalue weighted by Gasteiger charge is -2.24. The van der Waals surface area contributed by atoms with Crippen molar-refractivity contribution in [3.05, 3.63) is 204 Å². The van der Waals surface area contributed by atoms with Crippen molar-refractivity contribution in [3.63, 3.8) is 0 Å². The van der Waals surface area contributed by atoms with Crippen molar-refractivity contribution >= 4 is 63.8 Å². The first-order valence-corrected chi connectivity index (χ1v) is 22.4. The average Bonchev–Trinajstić information content (AvgIpc) is 3.87. The van der Waals surface area contributed by atoms with Crippen LogP contribution in [0.4, 0.5) is 0 Å². The number of thiophene rings is 1. The number of fused-ring (bicyclic) bond motifs is 14. The van der Waals surface area contributed by atoms with Gasteiger partial charge >= 0.3 is 0 Å². The first-order valence-electron chi connectivity index (χ1n) is 21.6. The monoisotopic (exact) mass is 794 g/mol. The number of hydrogen-bond donors (Lipinski definition) is 0. The molecule has 0 saturated carbocycles. The average molecular weight is 795 g/mol. The first-order chi connectivity index (χ1) is 29.8. The van der Waals surface area contributed by atoms with Crippen molar-refractivity contribution in [2.75, 3.05) is 0 Å². The third kappa shape index (κ3) is 4.76. The maximum Gasteiger partial charge on any atom is 0.0433 e. The summed E-state index contributed by atoms with van der Waals surface area (Å²) in [5.74, 6) is 0. The predicted molar refractivity (Wildman–Crippen MR) is 263 cm³/mol. The Morgan fingerprint density at radius 1 is 0.311 bits per heavy atom.